The van der Waals surface area contributed by atoms with Crippen molar-refractivity contribution >= 4 is 35.3 Å². The molecule has 2 aliphatic carbocycles. The Hall–Kier alpha value is -2.04. The van der Waals surface area contributed by atoms with Crippen LogP contribution in [0.3, 0.4) is 0 Å². The minimum atomic E-state index is 0.0296. The molecule has 1 amide bonds. The predicted molar refractivity (Wildman–Crippen MR) is 117 cm³/mol. The number of para-hydroxylation sites is 1. The molecule has 2 aromatic rings. The van der Waals surface area contributed by atoms with Gasteiger partial charge in [0.25, 0.3) is 0 Å². The van der Waals surface area contributed by atoms with Gasteiger partial charge in [0.2, 0.25) is 5.91 Å². The lowest BCUT2D eigenvalue weighted by Gasteiger charge is -2.15. The number of rotatable bonds is 6. The Morgan fingerprint density at radius 3 is 2.86 bits per heavy atom. The van der Waals surface area contributed by atoms with Gasteiger partial charge >= 0.3 is 0 Å². The Morgan fingerprint density at radius 1 is 1.28 bits per heavy atom. The summed E-state index contributed by atoms with van der Waals surface area (Å²) in [5.74, 6) is 1.32. The number of amides is 1. The summed E-state index contributed by atoms with van der Waals surface area (Å²) in [7, 11) is 0. The van der Waals surface area contributed by atoms with Crippen LogP contribution in [0.15, 0.2) is 47.6 Å². The molecule has 4 rings (SSSR count). The van der Waals surface area contributed by atoms with Crippen LogP contribution in [0.2, 0.25) is 10.0 Å². The van der Waals surface area contributed by atoms with Crippen molar-refractivity contribution < 1.29 is 9.53 Å². The summed E-state index contributed by atoms with van der Waals surface area (Å²) < 4.78 is 5.92. The fourth-order valence-corrected chi connectivity index (χ4v) is 5.06. The molecular formula is C23H24Cl2N2O2. The zero-order valence-electron chi connectivity index (χ0n) is 16.3. The molecular weight excluding hydrogens is 407 g/mol. The number of hydrogen-bond acceptors (Lipinski definition) is 3. The Bertz CT molecular complexity index is 946. The van der Waals surface area contributed by atoms with Crippen LogP contribution in [-0.2, 0) is 11.4 Å². The topological polar surface area (TPSA) is 50.7 Å². The van der Waals surface area contributed by atoms with Gasteiger partial charge in [-0.25, -0.2) is 5.43 Å². The molecule has 2 aliphatic rings. The first-order valence-electron chi connectivity index (χ1n) is 9.98. The Balaban J connectivity index is 1.37. The monoisotopic (exact) mass is 430 g/mol. The molecule has 2 aromatic carbocycles. The van der Waals surface area contributed by atoms with Gasteiger partial charge in [-0.3, -0.25) is 4.79 Å². The van der Waals surface area contributed by atoms with Crippen LogP contribution in [-0.4, -0.2) is 12.1 Å². The van der Waals surface area contributed by atoms with Gasteiger partial charge in [0.05, 0.1) is 6.21 Å². The van der Waals surface area contributed by atoms with Crippen LogP contribution < -0.4 is 10.2 Å². The third-order valence-corrected chi connectivity index (χ3v) is 6.90. The predicted octanol–water partition coefficient (Wildman–Crippen LogP) is 5.85. The van der Waals surface area contributed by atoms with E-state index in [9.17, 15) is 4.79 Å². The molecule has 3 atom stereocenters. The maximum atomic E-state index is 12.5. The second kappa shape index (κ2) is 8.37. The molecule has 29 heavy (non-hydrogen) atoms. The number of hydrogen-bond donors (Lipinski definition) is 1. The quantitative estimate of drug-likeness (QED) is 0.461. The lowest BCUT2D eigenvalue weighted by molar-refractivity contribution is -0.123. The molecule has 0 heterocycles. The smallest absolute Gasteiger partial charge is 0.244 e. The highest BCUT2D eigenvalue weighted by atomic mass is 35.5. The van der Waals surface area contributed by atoms with Crippen LogP contribution >= 0.6 is 23.2 Å². The standard InChI is InChI=1S/C23H24Cl2N2O2/c1-23-11-5-4-7-18(23)21(23)22(28)27-26-13-15-6-2-3-8-20(15)29-14-16-9-10-17(24)12-19(16)25/h2-3,6,8-10,12-13,18,21H,4-5,7,11,14H2,1H3,(H,27,28)/b26-13-/t18-,21+,23+/m0/s1. The number of hydrazone groups is 1. The lowest BCUT2D eigenvalue weighted by atomic mass is 9.90. The Labute approximate surface area is 181 Å². The van der Waals surface area contributed by atoms with Crippen LogP contribution in [0.1, 0.15) is 43.7 Å². The average Bonchev–Trinajstić information content (AvgIpc) is 3.33. The van der Waals surface area contributed by atoms with E-state index in [-0.39, 0.29) is 17.2 Å². The molecule has 2 fully saturated rings. The van der Waals surface area contributed by atoms with Crippen molar-refractivity contribution in [1.29, 1.82) is 0 Å². The summed E-state index contributed by atoms with van der Waals surface area (Å²) in [6.45, 7) is 2.55. The molecule has 0 aromatic heterocycles. The normalized spacial score (nSPS) is 25.5. The summed E-state index contributed by atoms with van der Waals surface area (Å²) >= 11 is 12.2. The fraction of sp³-hybridized carbons (Fsp3) is 0.391. The van der Waals surface area contributed by atoms with E-state index >= 15 is 0 Å². The third-order valence-electron chi connectivity index (χ3n) is 6.31. The van der Waals surface area contributed by atoms with E-state index in [1.54, 1.807) is 18.3 Å². The number of nitrogens with zero attached hydrogens (tertiary/aromatic N) is 1. The summed E-state index contributed by atoms with van der Waals surface area (Å²) in [5, 5.41) is 5.34. The molecule has 0 unspecified atom stereocenters. The van der Waals surface area contributed by atoms with Crippen LogP contribution in [0.25, 0.3) is 0 Å². The first kappa shape index (κ1) is 20.2. The summed E-state index contributed by atoms with van der Waals surface area (Å²) in [6, 6.07) is 12.9. The Kier molecular flexibility index (Phi) is 5.84. The van der Waals surface area contributed by atoms with Crippen molar-refractivity contribution in [2.75, 3.05) is 0 Å². The third kappa shape index (κ3) is 4.29. The summed E-state index contributed by atoms with van der Waals surface area (Å²) in [6.07, 6.45) is 6.38. The highest BCUT2D eigenvalue weighted by molar-refractivity contribution is 6.35. The lowest BCUT2D eigenvalue weighted by Crippen LogP contribution is -2.22. The van der Waals surface area contributed by atoms with E-state index in [0.717, 1.165) is 24.0 Å². The summed E-state index contributed by atoms with van der Waals surface area (Å²) in [5.41, 5.74) is 4.54. The number of fused-ring (bicyclic) bond motifs is 1. The second-order valence-electron chi connectivity index (χ2n) is 8.13. The fourth-order valence-electron chi connectivity index (χ4n) is 4.60. The summed E-state index contributed by atoms with van der Waals surface area (Å²) in [4.78, 5) is 12.5. The van der Waals surface area contributed by atoms with E-state index in [1.165, 1.54) is 12.8 Å². The van der Waals surface area contributed by atoms with Crippen LogP contribution in [0.5, 0.6) is 5.75 Å². The van der Waals surface area contributed by atoms with Gasteiger partial charge in [-0.1, -0.05) is 61.2 Å². The molecule has 1 N–H and O–H groups in total. The number of carbonyl (C=O) groups excluding carboxylic acids is 1. The maximum absolute atomic E-state index is 12.5. The first-order chi connectivity index (χ1) is 14.0. The van der Waals surface area contributed by atoms with Crippen LogP contribution in [0.4, 0.5) is 0 Å². The molecule has 0 bridgehead atoms. The molecule has 0 saturated heterocycles. The van der Waals surface area contributed by atoms with Crippen molar-refractivity contribution in [2.24, 2.45) is 22.4 Å². The number of halogens is 2. The molecule has 152 valence electrons. The molecule has 0 spiro atoms. The first-order valence-corrected chi connectivity index (χ1v) is 10.7. The van der Waals surface area contributed by atoms with Gasteiger partial charge in [0.1, 0.15) is 12.4 Å². The van der Waals surface area contributed by atoms with Gasteiger partial charge in [0.15, 0.2) is 0 Å². The van der Waals surface area contributed by atoms with E-state index < -0.39 is 0 Å². The van der Waals surface area contributed by atoms with Gasteiger partial charge in [-0.15, -0.1) is 0 Å². The minimum Gasteiger partial charge on any atom is -0.488 e. The second-order valence-corrected chi connectivity index (χ2v) is 8.98. The number of nitrogens with one attached hydrogen (secondary N) is 1. The van der Waals surface area contributed by atoms with Crippen molar-refractivity contribution in [2.45, 2.75) is 39.2 Å². The minimum absolute atomic E-state index is 0.0296. The van der Waals surface area contributed by atoms with Crippen molar-refractivity contribution in [1.82, 2.24) is 5.43 Å². The van der Waals surface area contributed by atoms with E-state index in [1.807, 2.05) is 30.3 Å². The van der Waals surface area contributed by atoms with Crippen molar-refractivity contribution in [3.8, 4) is 5.75 Å². The molecule has 6 heteroatoms. The molecule has 0 radical (unpaired) electrons. The number of benzene rings is 2. The highest BCUT2D eigenvalue weighted by Gasteiger charge is 2.64. The molecule has 0 aliphatic heterocycles. The Morgan fingerprint density at radius 2 is 2.10 bits per heavy atom. The van der Waals surface area contributed by atoms with Crippen LogP contribution in [0, 0.1) is 17.3 Å². The molecule has 4 nitrogen and oxygen atoms in total. The highest BCUT2D eigenvalue weighted by Crippen LogP contribution is 2.66. The molecule has 2 saturated carbocycles. The number of ether oxygens (including phenoxy) is 1. The van der Waals surface area contributed by atoms with E-state index in [0.29, 0.717) is 28.3 Å². The largest absolute Gasteiger partial charge is 0.488 e. The average molecular weight is 431 g/mol. The van der Waals surface area contributed by atoms with Gasteiger partial charge in [-0.2, -0.15) is 5.10 Å². The number of carbonyl (C=O) groups is 1. The van der Waals surface area contributed by atoms with E-state index in [4.69, 9.17) is 27.9 Å². The van der Waals surface area contributed by atoms with E-state index in [2.05, 4.69) is 17.5 Å². The van der Waals surface area contributed by atoms with Crippen molar-refractivity contribution in [3.05, 3.63) is 63.6 Å². The van der Waals surface area contributed by atoms with Gasteiger partial charge < -0.3 is 4.74 Å². The van der Waals surface area contributed by atoms with Crippen molar-refractivity contribution in [3.63, 3.8) is 0 Å². The zero-order valence-corrected chi connectivity index (χ0v) is 17.8. The van der Waals surface area contributed by atoms with Gasteiger partial charge in [-0.05, 0) is 48.4 Å². The maximum Gasteiger partial charge on any atom is 0.244 e. The zero-order chi connectivity index (χ0) is 20.4. The SMILES string of the molecule is C[C@@]12CCCC[C@H]1[C@@H]2C(=O)N/N=C\c1ccccc1OCc1ccc(Cl)cc1Cl. The van der Waals surface area contributed by atoms with Gasteiger partial charge in [0, 0.05) is 27.1 Å².